The van der Waals surface area contributed by atoms with Gasteiger partial charge in [-0.15, -0.1) is 0 Å². The van der Waals surface area contributed by atoms with E-state index < -0.39 is 58.0 Å². The van der Waals surface area contributed by atoms with E-state index in [0.717, 1.165) is 0 Å². The molecule has 1 aliphatic heterocycles. The van der Waals surface area contributed by atoms with Crippen molar-refractivity contribution < 1.29 is 49.3 Å². The van der Waals surface area contributed by atoms with E-state index in [0.29, 0.717) is 0 Å². The van der Waals surface area contributed by atoms with Gasteiger partial charge in [-0.25, -0.2) is 8.37 Å². The van der Waals surface area contributed by atoms with Crippen molar-refractivity contribution >= 4 is 20.8 Å². The molecule has 20 heavy (non-hydrogen) atoms. The van der Waals surface area contributed by atoms with Crippen molar-refractivity contribution in [2.24, 2.45) is 5.73 Å². The second kappa shape index (κ2) is 6.14. The molecule has 6 N–H and O–H groups in total. The fourth-order valence-corrected chi connectivity index (χ4v) is 2.33. The molecule has 0 saturated carbocycles. The van der Waals surface area contributed by atoms with Gasteiger partial charge < -0.3 is 20.7 Å². The van der Waals surface area contributed by atoms with Crippen molar-refractivity contribution in [3.05, 3.63) is 0 Å². The third-order valence-corrected chi connectivity index (χ3v) is 3.25. The largest absolute Gasteiger partial charge is 0.397 e. The lowest BCUT2D eigenvalue weighted by atomic mass is 9.98. The summed E-state index contributed by atoms with van der Waals surface area (Å²) >= 11 is 0. The lowest BCUT2D eigenvalue weighted by Gasteiger charge is -2.39. The Hall–Kier alpha value is -0.420. The second-order valence-electron chi connectivity index (χ2n) is 3.83. The lowest BCUT2D eigenvalue weighted by molar-refractivity contribution is -0.242. The smallest absolute Gasteiger partial charge is 0.387 e. The molecule has 1 fully saturated rings. The van der Waals surface area contributed by atoms with Gasteiger partial charge in [0.1, 0.15) is 18.3 Å². The Bertz CT molecular complexity index is 529. The molecule has 0 aromatic heterocycles. The minimum atomic E-state index is -4.99. The van der Waals surface area contributed by atoms with Crippen LogP contribution in [-0.4, -0.2) is 73.4 Å². The van der Waals surface area contributed by atoms with Gasteiger partial charge in [0, 0.05) is 0 Å². The first kappa shape index (κ1) is 17.6. The van der Waals surface area contributed by atoms with E-state index in [1.54, 1.807) is 0 Å². The highest BCUT2D eigenvalue weighted by molar-refractivity contribution is 7.81. The van der Waals surface area contributed by atoms with Gasteiger partial charge in [0.25, 0.3) is 0 Å². The van der Waals surface area contributed by atoms with Crippen molar-refractivity contribution in [3.8, 4) is 0 Å². The van der Waals surface area contributed by atoms with E-state index in [-0.39, 0.29) is 0 Å². The molecular weight excluding hydrogens is 326 g/mol. The lowest BCUT2D eigenvalue weighted by Crippen LogP contribution is -2.63. The summed E-state index contributed by atoms with van der Waals surface area (Å²) in [6.45, 7) is -0.949. The van der Waals surface area contributed by atoms with E-state index >= 15 is 0 Å². The molecule has 0 aliphatic carbocycles. The highest BCUT2D eigenvalue weighted by atomic mass is 32.3. The van der Waals surface area contributed by atoms with E-state index in [1.807, 2.05) is 0 Å². The SMILES string of the molecule is N[C@@H]1[C@@H](OS(=O)(=O)O)[C@H](O)[C@@H](COS(=O)(=O)O)O[C@H]1O. The van der Waals surface area contributed by atoms with Gasteiger partial charge in [0.2, 0.25) is 0 Å². The van der Waals surface area contributed by atoms with Crippen LogP contribution in [0.2, 0.25) is 0 Å². The Balaban J connectivity index is 2.84. The maximum absolute atomic E-state index is 10.6. The van der Waals surface area contributed by atoms with Crippen LogP contribution in [0.4, 0.5) is 0 Å². The van der Waals surface area contributed by atoms with Crippen molar-refractivity contribution in [2.45, 2.75) is 30.6 Å². The molecule has 14 heteroatoms. The normalized spacial score (nSPS) is 36.0. The summed E-state index contributed by atoms with van der Waals surface area (Å²) in [7, 11) is -9.84. The highest BCUT2D eigenvalue weighted by Gasteiger charge is 2.46. The van der Waals surface area contributed by atoms with Crippen LogP contribution >= 0.6 is 0 Å². The van der Waals surface area contributed by atoms with E-state index in [1.165, 1.54) is 0 Å². The molecule has 1 rings (SSSR count). The number of nitrogens with two attached hydrogens (primary N) is 1. The number of ether oxygens (including phenoxy) is 1. The number of aliphatic hydroxyl groups excluding tert-OH is 2. The molecule has 0 amide bonds. The quantitative estimate of drug-likeness (QED) is 0.308. The zero-order chi connectivity index (χ0) is 15.7. The average Bonchev–Trinajstić information content (AvgIpc) is 2.25. The first-order valence-electron chi connectivity index (χ1n) is 4.95. The van der Waals surface area contributed by atoms with Gasteiger partial charge in [-0.1, -0.05) is 0 Å². The first-order valence-corrected chi connectivity index (χ1v) is 7.68. The third-order valence-electron chi connectivity index (χ3n) is 2.35. The highest BCUT2D eigenvalue weighted by Crippen LogP contribution is 2.22. The Kier molecular flexibility index (Phi) is 5.41. The van der Waals surface area contributed by atoms with E-state index in [4.69, 9.17) is 14.8 Å². The van der Waals surface area contributed by atoms with Crippen LogP contribution in [0.15, 0.2) is 0 Å². The van der Waals surface area contributed by atoms with Crippen LogP contribution in [0.5, 0.6) is 0 Å². The van der Waals surface area contributed by atoms with E-state index in [2.05, 4.69) is 13.1 Å². The van der Waals surface area contributed by atoms with Gasteiger partial charge >= 0.3 is 20.8 Å². The standard InChI is InChI=1S/C6H13NO11S2/c7-3-5(18-20(13,14)15)4(8)2(17-6(3)9)1-16-19(10,11)12/h2-6,8-9H,1,7H2,(H,10,11,12)(H,13,14,15)/t2-,3-,4-,5-,6-/m1/s1. The maximum Gasteiger partial charge on any atom is 0.397 e. The molecule has 0 radical (unpaired) electrons. The zero-order valence-corrected chi connectivity index (χ0v) is 11.3. The van der Waals surface area contributed by atoms with Crippen LogP contribution in [0, 0.1) is 0 Å². The van der Waals surface area contributed by atoms with Gasteiger partial charge in [0.05, 0.1) is 12.6 Å². The summed E-state index contributed by atoms with van der Waals surface area (Å²) in [6.07, 6.45) is -7.10. The number of hydrogen-bond donors (Lipinski definition) is 5. The van der Waals surface area contributed by atoms with Gasteiger partial charge in [-0.05, 0) is 0 Å². The Morgan fingerprint density at radius 2 is 1.65 bits per heavy atom. The molecule has 0 aromatic carbocycles. The predicted molar refractivity (Wildman–Crippen MR) is 58.8 cm³/mol. The summed E-state index contributed by atoms with van der Waals surface area (Å²) in [5.41, 5.74) is 5.32. The summed E-state index contributed by atoms with van der Waals surface area (Å²) in [5.74, 6) is 0. The summed E-state index contributed by atoms with van der Waals surface area (Å²) in [5, 5.41) is 19.1. The predicted octanol–water partition coefficient (Wildman–Crippen LogP) is -3.60. The fourth-order valence-electron chi connectivity index (χ4n) is 1.50. The number of hydrogen-bond acceptors (Lipinski definition) is 10. The molecule has 5 atom stereocenters. The molecule has 0 bridgehead atoms. The molecule has 0 aromatic rings. The monoisotopic (exact) mass is 339 g/mol. The minimum Gasteiger partial charge on any atom is -0.387 e. The van der Waals surface area contributed by atoms with Crippen LogP contribution in [-0.2, 0) is 33.9 Å². The molecule has 0 unspecified atom stereocenters. The topological polar surface area (TPSA) is 203 Å². The molecule has 120 valence electrons. The molecule has 1 aliphatic rings. The molecule has 1 heterocycles. The van der Waals surface area contributed by atoms with Crippen molar-refractivity contribution in [1.29, 1.82) is 0 Å². The fraction of sp³-hybridized carbons (Fsp3) is 1.00. The average molecular weight is 339 g/mol. The Labute approximate surface area is 114 Å². The maximum atomic E-state index is 10.6. The Morgan fingerprint density at radius 3 is 2.10 bits per heavy atom. The van der Waals surface area contributed by atoms with Gasteiger partial charge in [0.15, 0.2) is 6.29 Å². The Morgan fingerprint density at radius 1 is 1.10 bits per heavy atom. The molecule has 1 saturated heterocycles. The van der Waals surface area contributed by atoms with E-state index in [9.17, 15) is 27.0 Å². The third kappa shape index (κ3) is 5.17. The minimum absolute atomic E-state index is 0.949. The number of aliphatic hydroxyl groups is 2. The van der Waals surface area contributed by atoms with Crippen LogP contribution in [0.1, 0.15) is 0 Å². The molecule has 0 spiro atoms. The van der Waals surface area contributed by atoms with Crippen LogP contribution in [0.25, 0.3) is 0 Å². The van der Waals surface area contributed by atoms with Gasteiger partial charge in [-0.2, -0.15) is 16.8 Å². The summed E-state index contributed by atoms with van der Waals surface area (Å²) < 4.78 is 71.5. The van der Waals surface area contributed by atoms with Crippen LogP contribution in [0.3, 0.4) is 0 Å². The van der Waals surface area contributed by atoms with Crippen molar-refractivity contribution in [2.75, 3.05) is 6.61 Å². The van der Waals surface area contributed by atoms with Crippen molar-refractivity contribution in [3.63, 3.8) is 0 Å². The molecular formula is C6H13NO11S2. The van der Waals surface area contributed by atoms with Gasteiger partial charge in [-0.3, -0.25) is 9.11 Å². The molecule has 12 nitrogen and oxygen atoms in total. The zero-order valence-electron chi connectivity index (χ0n) is 9.63. The number of rotatable bonds is 5. The summed E-state index contributed by atoms with van der Waals surface area (Å²) in [6, 6.07) is -1.55. The summed E-state index contributed by atoms with van der Waals surface area (Å²) in [4.78, 5) is 0. The first-order chi connectivity index (χ1) is 8.91. The van der Waals surface area contributed by atoms with Crippen molar-refractivity contribution in [1.82, 2.24) is 0 Å². The van der Waals surface area contributed by atoms with Crippen LogP contribution < -0.4 is 5.73 Å². The second-order valence-corrected chi connectivity index (χ2v) is 5.97.